The maximum atomic E-state index is 12.5. The van der Waals surface area contributed by atoms with Crippen molar-refractivity contribution in [2.45, 2.75) is 108 Å². The van der Waals surface area contributed by atoms with Gasteiger partial charge in [0.25, 0.3) is 0 Å². The summed E-state index contributed by atoms with van der Waals surface area (Å²) < 4.78 is 12.5. The number of rotatable bonds is 6. The van der Waals surface area contributed by atoms with Crippen LogP contribution in [0.15, 0.2) is 18.2 Å². The molecular formula is C25H47FO. The van der Waals surface area contributed by atoms with Gasteiger partial charge in [-0.2, -0.15) is 0 Å². The van der Waals surface area contributed by atoms with Crippen LogP contribution in [0, 0.1) is 31.5 Å². The van der Waals surface area contributed by atoms with E-state index in [1.54, 1.807) is 13.0 Å². The molecule has 1 aromatic carbocycles. The number of carbonyl (C=O) groups excluding carboxylic acids is 1. The third-order valence-corrected chi connectivity index (χ3v) is 3.41. The van der Waals surface area contributed by atoms with Gasteiger partial charge < -0.3 is 4.79 Å². The monoisotopic (exact) mass is 382 g/mol. The number of halogens is 1. The second kappa shape index (κ2) is 21.1. The molecule has 0 spiro atoms. The Morgan fingerprint density at radius 3 is 1.56 bits per heavy atom. The predicted molar refractivity (Wildman–Crippen MR) is 121 cm³/mol. The second-order valence-corrected chi connectivity index (χ2v) is 8.28. The first-order valence-corrected chi connectivity index (χ1v) is 10.7. The van der Waals surface area contributed by atoms with E-state index in [1.165, 1.54) is 58.4 Å². The lowest BCUT2D eigenvalue weighted by Gasteiger charge is -2.08. The molecule has 0 N–H and O–H groups in total. The molecule has 1 aromatic rings. The van der Waals surface area contributed by atoms with Gasteiger partial charge in [0.1, 0.15) is 11.6 Å². The molecule has 0 bridgehead atoms. The quantitative estimate of drug-likeness (QED) is 0.481. The van der Waals surface area contributed by atoms with Crippen molar-refractivity contribution >= 4 is 5.78 Å². The van der Waals surface area contributed by atoms with Gasteiger partial charge in [-0.3, -0.25) is 0 Å². The molecule has 0 aliphatic carbocycles. The van der Waals surface area contributed by atoms with Crippen molar-refractivity contribution in [3.63, 3.8) is 0 Å². The molecule has 1 rings (SSSR count). The number of carbonyl (C=O) groups is 1. The summed E-state index contributed by atoms with van der Waals surface area (Å²) in [4.78, 5) is 9.44. The lowest BCUT2D eigenvalue weighted by atomic mass is 9.98. The number of Topliss-reactive ketones (excluding diaryl/α,β-unsaturated/α-hetero) is 1. The molecule has 160 valence electrons. The average Bonchev–Trinajstić information content (AvgIpc) is 2.54. The Morgan fingerprint density at radius 2 is 1.30 bits per heavy atom. The third kappa shape index (κ3) is 32.9. The minimum absolute atomic E-state index is 0.124. The molecule has 27 heavy (non-hydrogen) atoms. The maximum absolute atomic E-state index is 12.5. The van der Waals surface area contributed by atoms with Gasteiger partial charge in [0.05, 0.1) is 0 Å². The van der Waals surface area contributed by atoms with E-state index in [4.69, 9.17) is 0 Å². The van der Waals surface area contributed by atoms with Gasteiger partial charge in [-0.05, 0) is 51.2 Å². The molecule has 0 aromatic heterocycles. The van der Waals surface area contributed by atoms with Crippen molar-refractivity contribution in [2.75, 3.05) is 0 Å². The van der Waals surface area contributed by atoms with Gasteiger partial charge in [0.2, 0.25) is 0 Å². The van der Waals surface area contributed by atoms with Crippen LogP contribution in [0.3, 0.4) is 0 Å². The molecule has 0 amide bonds. The highest BCUT2D eigenvalue weighted by Crippen LogP contribution is 2.14. The fourth-order valence-electron chi connectivity index (χ4n) is 2.04. The van der Waals surface area contributed by atoms with Gasteiger partial charge in [-0.15, -0.1) is 0 Å². The number of benzene rings is 1. The van der Waals surface area contributed by atoms with Crippen LogP contribution in [0.1, 0.15) is 105 Å². The molecule has 0 unspecified atom stereocenters. The fourth-order valence-corrected chi connectivity index (χ4v) is 2.04. The largest absolute Gasteiger partial charge is 0.300 e. The highest BCUT2D eigenvalue weighted by atomic mass is 19.1. The van der Waals surface area contributed by atoms with Crippen molar-refractivity contribution < 1.29 is 9.18 Å². The van der Waals surface area contributed by atoms with Crippen LogP contribution in [0.2, 0.25) is 0 Å². The summed E-state index contributed by atoms with van der Waals surface area (Å²) in [5.74, 6) is 1.85. The van der Waals surface area contributed by atoms with Crippen LogP contribution in [-0.4, -0.2) is 5.78 Å². The summed E-state index contributed by atoms with van der Waals surface area (Å²) in [7, 11) is 0. The third-order valence-electron chi connectivity index (χ3n) is 3.41. The molecular weight excluding hydrogens is 335 g/mol. The van der Waals surface area contributed by atoms with Gasteiger partial charge >= 0.3 is 0 Å². The van der Waals surface area contributed by atoms with E-state index in [0.29, 0.717) is 0 Å². The Bertz CT molecular complexity index is 437. The molecule has 0 radical (unpaired) electrons. The Hall–Kier alpha value is -1.18. The first-order chi connectivity index (χ1) is 12.5. The molecule has 0 fully saturated rings. The van der Waals surface area contributed by atoms with Crippen molar-refractivity contribution in [1.29, 1.82) is 0 Å². The van der Waals surface area contributed by atoms with Crippen LogP contribution in [-0.2, 0) is 4.79 Å². The Balaban J connectivity index is -0.000000310. The van der Waals surface area contributed by atoms with Crippen LogP contribution < -0.4 is 0 Å². The Morgan fingerprint density at radius 1 is 0.926 bits per heavy atom. The van der Waals surface area contributed by atoms with E-state index in [0.717, 1.165) is 23.0 Å². The molecule has 0 saturated heterocycles. The zero-order chi connectivity index (χ0) is 21.8. The van der Waals surface area contributed by atoms with Gasteiger partial charge in [-0.25, -0.2) is 4.39 Å². The number of hydrogen-bond donors (Lipinski definition) is 0. The second-order valence-electron chi connectivity index (χ2n) is 8.28. The van der Waals surface area contributed by atoms with Crippen molar-refractivity contribution in [2.24, 2.45) is 11.8 Å². The molecule has 1 nitrogen and oxygen atoms in total. The summed E-state index contributed by atoms with van der Waals surface area (Å²) in [5.41, 5.74) is 1.82. The standard InChI is InChI=1S/C10H22.C8H9F.C4H10.C3H6O/c1-4-6-8-10(3)9-7-5-2;1-6-3-4-8(9)7(2)5-6;1-4(2)3;1-3(2)4/h10H,4-9H2,1-3H3;3-5H,1-2H3;4H,1-3H3;1-2H3. The topological polar surface area (TPSA) is 17.1 Å². The summed E-state index contributed by atoms with van der Waals surface area (Å²) >= 11 is 0. The molecule has 0 heterocycles. The number of unbranched alkanes of at least 4 members (excludes halogenated alkanes) is 2. The summed E-state index contributed by atoms with van der Waals surface area (Å²) in [5, 5.41) is 0. The zero-order valence-electron chi connectivity index (χ0n) is 19.9. The lowest BCUT2D eigenvalue weighted by Crippen LogP contribution is -1.93. The van der Waals surface area contributed by atoms with Crippen molar-refractivity contribution in [3.05, 3.63) is 35.1 Å². The summed E-state index contributed by atoms with van der Waals surface area (Å²) in [6, 6.07) is 5.09. The smallest absolute Gasteiger partial charge is 0.126 e. The first-order valence-electron chi connectivity index (χ1n) is 10.7. The molecule has 0 aliphatic heterocycles. The van der Waals surface area contributed by atoms with E-state index in [1.807, 2.05) is 13.0 Å². The van der Waals surface area contributed by atoms with Crippen molar-refractivity contribution in [3.8, 4) is 0 Å². The minimum Gasteiger partial charge on any atom is -0.300 e. The molecule has 0 aliphatic rings. The van der Waals surface area contributed by atoms with E-state index < -0.39 is 0 Å². The lowest BCUT2D eigenvalue weighted by molar-refractivity contribution is -0.114. The molecule has 0 atom stereocenters. The number of aryl methyl sites for hydroxylation is 2. The fraction of sp³-hybridized carbons (Fsp3) is 0.720. The molecule has 2 heteroatoms. The minimum atomic E-state index is -0.124. The SMILES string of the molecule is CC(C)=O.CC(C)C.CCCCC(C)CCCC.Cc1ccc(F)c(C)c1. The van der Waals surface area contributed by atoms with E-state index >= 15 is 0 Å². The van der Waals surface area contributed by atoms with E-state index in [2.05, 4.69) is 41.5 Å². The van der Waals surface area contributed by atoms with Crippen LogP contribution >= 0.6 is 0 Å². The highest BCUT2D eigenvalue weighted by Gasteiger charge is 1.98. The van der Waals surface area contributed by atoms with Gasteiger partial charge in [0.15, 0.2) is 0 Å². The maximum Gasteiger partial charge on any atom is 0.126 e. The zero-order valence-corrected chi connectivity index (χ0v) is 19.9. The normalized spacial score (nSPS) is 9.52. The van der Waals surface area contributed by atoms with Gasteiger partial charge in [-0.1, -0.05) is 97.8 Å². The predicted octanol–water partition coefficient (Wildman–Crippen LogP) is 8.70. The van der Waals surface area contributed by atoms with Crippen LogP contribution in [0.5, 0.6) is 0 Å². The molecule has 0 saturated carbocycles. The van der Waals surface area contributed by atoms with E-state index in [9.17, 15) is 9.18 Å². The Kier molecular flexibility index (Phi) is 23.9. The average molecular weight is 383 g/mol. The number of ketones is 1. The van der Waals surface area contributed by atoms with Crippen LogP contribution in [0.25, 0.3) is 0 Å². The number of hydrogen-bond acceptors (Lipinski definition) is 1. The van der Waals surface area contributed by atoms with E-state index in [-0.39, 0.29) is 11.6 Å². The van der Waals surface area contributed by atoms with Gasteiger partial charge in [0, 0.05) is 0 Å². The van der Waals surface area contributed by atoms with Crippen molar-refractivity contribution in [1.82, 2.24) is 0 Å². The summed E-state index contributed by atoms with van der Waals surface area (Å²) in [6.07, 6.45) is 8.44. The highest BCUT2D eigenvalue weighted by molar-refractivity contribution is 5.72. The summed E-state index contributed by atoms with van der Waals surface area (Å²) in [6.45, 7) is 20.2. The van der Waals surface area contributed by atoms with Crippen LogP contribution in [0.4, 0.5) is 4.39 Å². The Labute approximate surface area is 170 Å². The first kappa shape index (κ1) is 30.5.